The van der Waals surface area contributed by atoms with Crippen molar-refractivity contribution in [3.05, 3.63) is 42.5 Å². The van der Waals surface area contributed by atoms with Crippen molar-refractivity contribution in [2.45, 2.75) is 5.03 Å². The van der Waals surface area contributed by atoms with Crippen LogP contribution in [0.2, 0.25) is 0 Å². The predicted molar refractivity (Wildman–Crippen MR) is 70.1 cm³/mol. The summed E-state index contributed by atoms with van der Waals surface area (Å²) in [6.45, 7) is 0.729. The van der Waals surface area contributed by atoms with Crippen molar-refractivity contribution in [1.82, 2.24) is 10.2 Å². The van der Waals surface area contributed by atoms with Crippen molar-refractivity contribution >= 4 is 11.8 Å². The third-order valence-corrected chi connectivity index (χ3v) is 3.13. The van der Waals surface area contributed by atoms with Crippen LogP contribution >= 0.6 is 11.8 Å². The third kappa shape index (κ3) is 3.54. The van der Waals surface area contributed by atoms with Gasteiger partial charge in [0.05, 0.1) is 12.3 Å². The van der Waals surface area contributed by atoms with Crippen molar-refractivity contribution in [3.63, 3.8) is 0 Å². The van der Waals surface area contributed by atoms with Gasteiger partial charge in [0.1, 0.15) is 5.03 Å². The Morgan fingerprint density at radius 2 is 1.88 bits per heavy atom. The smallest absolute Gasteiger partial charge is 0.119 e. The number of benzene rings is 1. The van der Waals surface area contributed by atoms with Crippen molar-refractivity contribution in [2.75, 3.05) is 19.5 Å². The summed E-state index contributed by atoms with van der Waals surface area (Å²) in [6.07, 6.45) is 0. The number of hydrogen-bond acceptors (Lipinski definition) is 4. The molecule has 1 heterocycles. The van der Waals surface area contributed by atoms with E-state index in [4.69, 9.17) is 4.74 Å². The van der Waals surface area contributed by atoms with E-state index in [2.05, 4.69) is 10.2 Å². The largest absolute Gasteiger partial charge is 0.384 e. The van der Waals surface area contributed by atoms with Gasteiger partial charge in [0, 0.05) is 18.4 Å². The van der Waals surface area contributed by atoms with Gasteiger partial charge < -0.3 is 4.74 Å². The molecule has 0 fully saturated rings. The second-order valence-electron chi connectivity index (χ2n) is 3.46. The van der Waals surface area contributed by atoms with E-state index in [-0.39, 0.29) is 0 Å². The van der Waals surface area contributed by atoms with Crippen LogP contribution < -0.4 is 0 Å². The van der Waals surface area contributed by atoms with Crippen LogP contribution in [-0.2, 0) is 4.74 Å². The van der Waals surface area contributed by atoms with E-state index in [0.717, 1.165) is 28.6 Å². The van der Waals surface area contributed by atoms with E-state index < -0.39 is 0 Å². The summed E-state index contributed by atoms with van der Waals surface area (Å²) in [5.41, 5.74) is 2.00. The molecular formula is C13H14N2OS. The maximum Gasteiger partial charge on any atom is 0.119 e. The van der Waals surface area contributed by atoms with Crippen LogP contribution in [0.15, 0.2) is 47.5 Å². The van der Waals surface area contributed by atoms with Crippen LogP contribution in [0.1, 0.15) is 0 Å². The first-order valence-electron chi connectivity index (χ1n) is 5.41. The number of nitrogens with zero attached hydrogens (tertiary/aromatic N) is 2. The van der Waals surface area contributed by atoms with Gasteiger partial charge in [-0.2, -0.15) is 0 Å². The van der Waals surface area contributed by atoms with Gasteiger partial charge in [0.15, 0.2) is 0 Å². The highest BCUT2D eigenvalue weighted by Crippen LogP contribution is 2.19. The molecule has 0 spiro atoms. The van der Waals surface area contributed by atoms with E-state index in [1.807, 2.05) is 42.5 Å². The zero-order valence-electron chi connectivity index (χ0n) is 9.67. The summed E-state index contributed by atoms with van der Waals surface area (Å²) >= 11 is 1.65. The third-order valence-electron chi connectivity index (χ3n) is 2.25. The maximum atomic E-state index is 4.99. The van der Waals surface area contributed by atoms with E-state index in [1.165, 1.54) is 0 Å². The molecule has 0 aliphatic carbocycles. The fourth-order valence-corrected chi connectivity index (χ4v) is 2.11. The normalized spacial score (nSPS) is 10.4. The number of hydrogen-bond donors (Lipinski definition) is 0. The topological polar surface area (TPSA) is 35.0 Å². The lowest BCUT2D eigenvalue weighted by Crippen LogP contribution is -1.94. The van der Waals surface area contributed by atoms with Gasteiger partial charge in [-0.3, -0.25) is 0 Å². The minimum atomic E-state index is 0.729. The Bertz CT molecular complexity index is 445. The average molecular weight is 246 g/mol. The van der Waals surface area contributed by atoms with Crippen LogP contribution in [0.5, 0.6) is 0 Å². The maximum absolute atomic E-state index is 4.99. The molecule has 0 amide bonds. The molecule has 1 aromatic heterocycles. The quantitative estimate of drug-likeness (QED) is 0.600. The average Bonchev–Trinajstić information content (AvgIpc) is 2.41. The molecule has 0 unspecified atom stereocenters. The monoisotopic (exact) mass is 246 g/mol. The van der Waals surface area contributed by atoms with Crippen molar-refractivity contribution < 1.29 is 4.74 Å². The molecule has 2 aromatic rings. The van der Waals surface area contributed by atoms with Crippen LogP contribution in [-0.4, -0.2) is 29.7 Å². The predicted octanol–water partition coefficient (Wildman–Crippen LogP) is 2.88. The van der Waals surface area contributed by atoms with Crippen LogP contribution in [0.4, 0.5) is 0 Å². The van der Waals surface area contributed by atoms with Gasteiger partial charge in [0.2, 0.25) is 0 Å². The summed E-state index contributed by atoms with van der Waals surface area (Å²) in [7, 11) is 1.70. The van der Waals surface area contributed by atoms with E-state index in [9.17, 15) is 0 Å². The van der Waals surface area contributed by atoms with Gasteiger partial charge in [-0.05, 0) is 12.1 Å². The van der Waals surface area contributed by atoms with Crippen molar-refractivity contribution in [3.8, 4) is 11.3 Å². The highest BCUT2D eigenvalue weighted by atomic mass is 32.2. The highest BCUT2D eigenvalue weighted by molar-refractivity contribution is 7.99. The molecular weight excluding hydrogens is 232 g/mol. The van der Waals surface area contributed by atoms with Crippen LogP contribution in [0.3, 0.4) is 0 Å². The van der Waals surface area contributed by atoms with E-state index >= 15 is 0 Å². The van der Waals surface area contributed by atoms with Gasteiger partial charge in [0.25, 0.3) is 0 Å². The molecule has 88 valence electrons. The summed E-state index contributed by atoms with van der Waals surface area (Å²) in [4.78, 5) is 0. The molecule has 3 nitrogen and oxygen atoms in total. The Kier molecular flexibility index (Phi) is 4.53. The van der Waals surface area contributed by atoms with Gasteiger partial charge in [-0.25, -0.2) is 0 Å². The SMILES string of the molecule is COCCSc1ccc(-c2ccccc2)nn1. The first-order chi connectivity index (χ1) is 8.40. The first-order valence-corrected chi connectivity index (χ1v) is 6.39. The van der Waals surface area contributed by atoms with Crippen LogP contribution in [0, 0.1) is 0 Å². The van der Waals surface area contributed by atoms with Gasteiger partial charge in [-0.15, -0.1) is 22.0 Å². The molecule has 0 saturated heterocycles. The minimum Gasteiger partial charge on any atom is -0.384 e. The zero-order chi connectivity index (χ0) is 11.9. The highest BCUT2D eigenvalue weighted by Gasteiger charge is 2.00. The Morgan fingerprint density at radius 3 is 2.53 bits per heavy atom. The fraction of sp³-hybridized carbons (Fsp3) is 0.231. The second kappa shape index (κ2) is 6.37. The number of rotatable bonds is 5. The van der Waals surface area contributed by atoms with Crippen LogP contribution in [0.25, 0.3) is 11.3 Å². The number of methoxy groups -OCH3 is 1. The Balaban J connectivity index is 2.03. The van der Waals surface area contributed by atoms with Crippen molar-refractivity contribution in [2.24, 2.45) is 0 Å². The summed E-state index contributed by atoms with van der Waals surface area (Å²) < 4.78 is 4.99. The lowest BCUT2D eigenvalue weighted by Gasteiger charge is -2.01. The first kappa shape index (κ1) is 12.1. The second-order valence-corrected chi connectivity index (χ2v) is 4.58. The molecule has 0 aliphatic heterocycles. The lowest BCUT2D eigenvalue weighted by atomic mass is 10.1. The van der Waals surface area contributed by atoms with Gasteiger partial charge in [-0.1, -0.05) is 30.3 Å². The fourth-order valence-electron chi connectivity index (χ4n) is 1.39. The summed E-state index contributed by atoms with van der Waals surface area (Å²) in [6, 6.07) is 14.0. The number of ether oxygens (including phenoxy) is 1. The molecule has 0 N–H and O–H groups in total. The minimum absolute atomic E-state index is 0.729. The van der Waals surface area contributed by atoms with Gasteiger partial charge >= 0.3 is 0 Å². The molecule has 0 aliphatic rings. The molecule has 2 rings (SSSR count). The number of thioether (sulfide) groups is 1. The molecule has 0 radical (unpaired) electrons. The number of aromatic nitrogens is 2. The molecule has 17 heavy (non-hydrogen) atoms. The Morgan fingerprint density at radius 1 is 1.06 bits per heavy atom. The lowest BCUT2D eigenvalue weighted by molar-refractivity contribution is 0.218. The van der Waals surface area contributed by atoms with E-state index in [1.54, 1.807) is 18.9 Å². The standard InChI is InChI=1S/C13H14N2OS/c1-16-9-10-17-13-8-7-12(14-15-13)11-5-3-2-4-6-11/h2-8H,9-10H2,1H3. The Hall–Kier alpha value is -1.39. The molecule has 1 aromatic carbocycles. The zero-order valence-corrected chi connectivity index (χ0v) is 10.5. The Labute approximate surface area is 105 Å². The molecule has 0 atom stereocenters. The summed E-state index contributed by atoms with van der Waals surface area (Å²) in [5, 5.41) is 9.33. The van der Waals surface area contributed by atoms with E-state index in [0.29, 0.717) is 0 Å². The molecule has 4 heteroatoms. The molecule has 0 bridgehead atoms. The van der Waals surface area contributed by atoms with Crippen molar-refractivity contribution in [1.29, 1.82) is 0 Å². The summed E-state index contributed by atoms with van der Waals surface area (Å²) in [5.74, 6) is 0.899. The molecule has 0 saturated carbocycles.